The average Bonchev–Trinajstić information content (AvgIpc) is 2.59. The molecule has 0 aliphatic rings. The fraction of sp³-hybridized carbons (Fsp3) is 0.333. The molecular weight excluding hydrogens is 290 g/mol. The fourth-order valence-electron chi connectivity index (χ4n) is 2.32. The molecule has 0 atom stereocenters. The number of benzene rings is 1. The number of likely N-dealkylation sites (N-methyl/N-ethyl adjacent to an activating group) is 1. The van der Waals surface area contributed by atoms with Gasteiger partial charge in [-0.3, -0.25) is 4.79 Å². The summed E-state index contributed by atoms with van der Waals surface area (Å²) < 4.78 is 5.15. The predicted molar refractivity (Wildman–Crippen MR) is 92.2 cm³/mol. The second-order valence-corrected chi connectivity index (χ2v) is 5.59. The number of carbonyl (C=O) groups is 1. The van der Waals surface area contributed by atoms with Gasteiger partial charge in [-0.2, -0.15) is 0 Å². The highest BCUT2D eigenvalue weighted by Gasteiger charge is 2.17. The van der Waals surface area contributed by atoms with Crippen molar-refractivity contribution in [2.45, 2.75) is 6.42 Å². The van der Waals surface area contributed by atoms with E-state index in [1.54, 1.807) is 24.3 Å². The lowest BCUT2D eigenvalue weighted by Crippen LogP contribution is -2.30. The van der Waals surface area contributed by atoms with Crippen LogP contribution < -0.4 is 9.64 Å². The van der Waals surface area contributed by atoms with Crippen molar-refractivity contribution in [2.75, 3.05) is 39.7 Å². The Morgan fingerprint density at radius 3 is 2.43 bits per heavy atom. The fourth-order valence-corrected chi connectivity index (χ4v) is 2.32. The zero-order valence-electron chi connectivity index (χ0n) is 14.1. The first-order valence-electron chi connectivity index (χ1n) is 7.53. The molecule has 2 aromatic rings. The van der Waals surface area contributed by atoms with E-state index in [1.165, 1.54) is 5.56 Å². The van der Waals surface area contributed by atoms with Crippen LogP contribution in [0.3, 0.4) is 0 Å². The molecular formula is C18H23N3O2. The maximum atomic E-state index is 12.6. The maximum absolute atomic E-state index is 12.6. The first-order chi connectivity index (χ1) is 11.0. The Kier molecular flexibility index (Phi) is 5.57. The van der Waals surface area contributed by atoms with Crippen molar-refractivity contribution >= 4 is 11.7 Å². The second-order valence-electron chi connectivity index (χ2n) is 5.59. The van der Waals surface area contributed by atoms with E-state index in [0.717, 1.165) is 12.2 Å². The number of methoxy groups -OCH3 is 1. The molecule has 1 aromatic heterocycles. The molecule has 0 spiro atoms. The SMILES string of the molecule is COc1ccc(CCN(C)C(=O)c2cccnc2N(C)C)cc1. The number of anilines is 1. The molecule has 0 fully saturated rings. The molecule has 0 bridgehead atoms. The molecule has 1 aromatic carbocycles. The topological polar surface area (TPSA) is 45.7 Å². The van der Waals surface area contributed by atoms with Crippen molar-refractivity contribution < 1.29 is 9.53 Å². The van der Waals surface area contributed by atoms with Crippen molar-refractivity contribution in [1.29, 1.82) is 0 Å². The summed E-state index contributed by atoms with van der Waals surface area (Å²) in [5.41, 5.74) is 1.79. The number of amides is 1. The second kappa shape index (κ2) is 7.63. The van der Waals surface area contributed by atoms with Gasteiger partial charge in [0.1, 0.15) is 11.6 Å². The summed E-state index contributed by atoms with van der Waals surface area (Å²) in [5, 5.41) is 0. The number of pyridine rings is 1. The average molecular weight is 313 g/mol. The van der Waals surface area contributed by atoms with Gasteiger partial charge in [0, 0.05) is 33.9 Å². The highest BCUT2D eigenvalue weighted by Crippen LogP contribution is 2.17. The van der Waals surface area contributed by atoms with Crippen LogP contribution in [0.25, 0.3) is 0 Å². The van der Waals surface area contributed by atoms with E-state index < -0.39 is 0 Å². The van der Waals surface area contributed by atoms with Crippen molar-refractivity contribution in [1.82, 2.24) is 9.88 Å². The summed E-state index contributed by atoms with van der Waals surface area (Å²) in [6.07, 6.45) is 2.49. The van der Waals surface area contributed by atoms with Gasteiger partial charge in [0.05, 0.1) is 12.7 Å². The van der Waals surface area contributed by atoms with Crippen LogP contribution in [0.4, 0.5) is 5.82 Å². The van der Waals surface area contributed by atoms with Gasteiger partial charge in [-0.25, -0.2) is 4.98 Å². The molecule has 0 unspecified atom stereocenters. The van der Waals surface area contributed by atoms with Gasteiger partial charge in [0.25, 0.3) is 5.91 Å². The molecule has 2 rings (SSSR count). The van der Waals surface area contributed by atoms with Crippen molar-refractivity contribution in [3.63, 3.8) is 0 Å². The van der Waals surface area contributed by atoms with E-state index in [2.05, 4.69) is 4.98 Å². The summed E-state index contributed by atoms with van der Waals surface area (Å²) in [5.74, 6) is 1.51. The Morgan fingerprint density at radius 2 is 1.83 bits per heavy atom. The third-order valence-electron chi connectivity index (χ3n) is 3.68. The van der Waals surface area contributed by atoms with E-state index in [4.69, 9.17) is 4.74 Å². The molecule has 23 heavy (non-hydrogen) atoms. The van der Waals surface area contributed by atoms with Crippen LogP contribution in [0, 0.1) is 0 Å². The minimum Gasteiger partial charge on any atom is -0.497 e. The van der Waals surface area contributed by atoms with Gasteiger partial charge in [-0.1, -0.05) is 12.1 Å². The normalized spacial score (nSPS) is 10.3. The molecule has 0 aliphatic heterocycles. The number of rotatable bonds is 6. The molecule has 0 saturated heterocycles. The highest BCUT2D eigenvalue weighted by atomic mass is 16.5. The van der Waals surface area contributed by atoms with E-state index in [9.17, 15) is 4.79 Å². The van der Waals surface area contributed by atoms with Crippen molar-refractivity contribution in [3.05, 3.63) is 53.7 Å². The monoisotopic (exact) mass is 313 g/mol. The lowest BCUT2D eigenvalue weighted by molar-refractivity contribution is 0.0797. The van der Waals surface area contributed by atoms with Crippen LogP contribution in [0.1, 0.15) is 15.9 Å². The summed E-state index contributed by atoms with van der Waals surface area (Å²) in [6.45, 7) is 0.646. The molecule has 0 radical (unpaired) electrons. The molecule has 0 aliphatic carbocycles. The number of hydrogen-bond acceptors (Lipinski definition) is 4. The minimum absolute atomic E-state index is 0.0182. The smallest absolute Gasteiger partial charge is 0.257 e. The third-order valence-corrected chi connectivity index (χ3v) is 3.68. The van der Waals surface area contributed by atoms with E-state index in [-0.39, 0.29) is 5.91 Å². The van der Waals surface area contributed by atoms with Gasteiger partial charge in [-0.05, 0) is 36.2 Å². The predicted octanol–water partition coefficient (Wildman–Crippen LogP) is 2.47. The third kappa shape index (κ3) is 4.22. The zero-order chi connectivity index (χ0) is 16.8. The van der Waals surface area contributed by atoms with Gasteiger partial charge < -0.3 is 14.5 Å². The van der Waals surface area contributed by atoms with Crippen LogP contribution in [0.15, 0.2) is 42.6 Å². The van der Waals surface area contributed by atoms with Crippen molar-refractivity contribution in [3.8, 4) is 5.75 Å². The number of hydrogen-bond donors (Lipinski definition) is 0. The minimum atomic E-state index is -0.0182. The standard InChI is InChI=1S/C18H23N3O2/c1-20(2)17-16(6-5-12-19-17)18(22)21(3)13-11-14-7-9-15(23-4)10-8-14/h5-10,12H,11,13H2,1-4H3. The van der Waals surface area contributed by atoms with E-state index >= 15 is 0 Å². The highest BCUT2D eigenvalue weighted by molar-refractivity contribution is 5.98. The molecule has 0 saturated carbocycles. The lowest BCUT2D eigenvalue weighted by Gasteiger charge is -2.21. The first kappa shape index (κ1) is 16.8. The van der Waals surface area contributed by atoms with Crippen LogP contribution in [0.2, 0.25) is 0 Å². The van der Waals surface area contributed by atoms with E-state index in [1.807, 2.05) is 56.4 Å². The largest absolute Gasteiger partial charge is 0.497 e. The number of ether oxygens (including phenoxy) is 1. The van der Waals surface area contributed by atoms with Crippen LogP contribution >= 0.6 is 0 Å². The zero-order valence-corrected chi connectivity index (χ0v) is 14.1. The van der Waals surface area contributed by atoms with Gasteiger partial charge in [0.2, 0.25) is 0 Å². The molecule has 1 amide bonds. The lowest BCUT2D eigenvalue weighted by atomic mass is 10.1. The molecule has 5 heteroatoms. The summed E-state index contributed by atoms with van der Waals surface area (Å²) in [6, 6.07) is 11.5. The Hall–Kier alpha value is -2.56. The maximum Gasteiger partial charge on any atom is 0.257 e. The molecule has 122 valence electrons. The molecule has 0 N–H and O–H groups in total. The summed E-state index contributed by atoms with van der Waals surface area (Å²) >= 11 is 0. The first-order valence-corrected chi connectivity index (χ1v) is 7.53. The van der Waals surface area contributed by atoms with Crippen LogP contribution in [-0.2, 0) is 6.42 Å². The Bertz CT molecular complexity index is 654. The van der Waals surface area contributed by atoms with Crippen molar-refractivity contribution in [2.24, 2.45) is 0 Å². The quantitative estimate of drug-likeness (QED) is 0.822. The number of carbonyl (C=O) groups excluding carboxylic acids is 1. The van der Waals surface area contributed by atoms with E-state index in [0.29, 0.717) is 17.9 Å². The Balaban J connectivity index is 2.02. The Morgan fingerprint density at radius 1 is 1.13 bits per heavy atom. The van der Waals surface area contributed by atoms with Gasteiger partial charge in [0.15, 0.2) is 0 Å². The molecule has 5 nitrogen and oxygen atoms in total. The van der Waals surface area contributed by atoms with Gasteiger partial charge >= 0.3 is 0 Å². The van der Waals surface area contributed by atoms with Crippen LogP contribution in [0.5, 0.6) is 5.75 Å². The summed E-state index contributed by atoms with van der Waals surface area (Å²) in [7, 11) is 7.24. The number of aromatic nitrogens is 1. The number of nitrogens with zero attached hydrogens (tertiary/aromatic N) is 3. The Labute approximate surface area is 137 Å². The van der Waals surface area contributed by atoms with Gasteiger partial charge in [-0.15, -0.1) is 0 Å². The van der Waals surface area contributed by atoms with Crippen LogP contribution in [-0.4, -0.2) is 50.6 Å². The molecule has 1 heterocycles. The summed E-state index contributed by atoms with van der Waals surface area (Å²) in [4.78, 5) is 20.5.